The van der Waals surface area contributed by atoms with E-state index in [0.29, 0.717) is 0 Å². The molecular weight excluding hydrogens is 275 g/mol. The Morgan fingerprint density at radius 2 is 1.67 bits per heavy atom. The Morgan fingerprint density at radius 3 is 1.78 bits per heavy atom. The zero-order valence-corrected chi connectivity index (χ0v) is 10.0. The van der Waals surface area contributed by atoms with Crippen LogP contribution in [-0.2, 0) is 25.8 Å². The molecule has 0 unspecified atom stereocenters. The van der Waals surface area contributed by atoms with E-state index in [1.807, 2.05) is 12.2 Å². The van der Waals surface area contributed by atoms with E-state index in [4.69, 9.17) is 0 Å². The maximum atomic E-state index is 2.99. The van der Waals surface area contributed by atoms with Crippen molar-refractivity contribution in [2.24, 2.45) is 0 Å². The van der Waals surface area contributed by atoms with E-state index in [0.717, 1.165) is 6.42 Å². The molecule has 0 nitrogen and oxygen atoms in total. The molecule has 0 aromatic rings. The average molecular weight is 289 g/mol. The van der Waals surface area contributed by atoms with Crippen LogP contribution in [0.3, 0.4) is 0 Å². The van der Waals surface area contributed by atoms with E-state index >= 15 is 0 Å². The van der Waals surface area contributed by atoms with Gasteiger partial charge in [0.25, 0.3) is 0 Å². The van der Waals surface area contributed by atoms with Gasteiger partial charge in [0.1, 0.15) is 0 Å². The molecule has 0 aromatic carbocycles. The summed E-state index contributed by atoms with van der Waals surface area (Å²) >= 11 is 0. The molecular formula is C8H14Hf. The second kappa shape index (κ2) is 15.8. The smallest absolute Gasteiger partial charge is 0.358 e. The van der Waals surface area contributed by atoms with Gasteiger partial charge in [0, 0.05) is 0 Å². The topological polar surface area (TPSA) is 0 Å². The summed E-state index contributed by atoms with van der Waals surface area (Å²) in [4.78, 5) is 0. The largest absolute Gasteiger partial charge is 4.00 e. The molecule has 0 saturated heterocycles. The van der Waals surface area contributed by atoms with Gasteiger partial charge in [0.2, 0.25) is 0 Å². The van der Waals surface area contributed by atoms with Crippen molar-refractivity contribution in [3.63, 3.8) is 0 Å². The van der Waals surface area contributed by atoms with Gasteiger partial charge in [-0.2, -0.15) is 6.08 Å². The van der Waals surface area contributed by atoms with Gasteiger partial charge in [-0.3, -0.25) is 6.08 Å². The van der Waals surface area contributed by atoms with Crippen molar-refractivity contribution in [2.75, 3.05) is 0 Å². The zero-order chi connectivity index (χ0) is 3.54. The fourth-order valence-corrected chi connectivity index (χ4v) is 0.340. The quantitative estimate of drug-likeness (QED) is 0.475. The minimum Gasteiger partial charge on any atom is -0.358 e. The van der Waals surface area contributed by atoms with Crippen LogP contribution in [0.4, 0.5) is 0 Å². The second-order valence-electron chi connectivity index (χ2n) is 1.00. The first-order chi connectivity index (χ1) is 2.50. The Kier molecular flexibility index (Phi) is 39.9. The summed E-state index contributed by atoms with van der Waals surface area (Å²) in [6.07, 6.45) is 10.0. The van der Waals surface area contributed by atoms with Gasteiger partial charge in [-0.05, 0) is 0 Å². The molecule has 0 N–H and O–H groups in total. The Morgan fingerprint density at radius 1 is 1.11 bits per heavy atom. The van der Waals surface area contributed by atoms with Crippen LogP contribution in [0.2, 0.25) is 0 Å². The molecule has 9 heavy (non-hydrogen) atoms. The molecule has 1 rings (SSSR count). The van der Waals surface area contributed by atoms with Gasteiger partial charge in [-0.15, -0.1) is 6.42 Å². The molecule has 0 radical (unpaired) electrons. The van der Waals surface area contributed by atoms with Gasteiger partial charge in [-0.25, -0.2) is 12.2 Å². The predicted molar refractivity (Wildman–Crippen MR) is 40.8 cm³/mol. The molecule has 0 aromatic heterocycles. The van der Waals surface area contributed by atoms with Crippen molar-refractivity contribution >= 4 is 0 Å². The third-order valence-corrected chi connectivity index (χ3v) is 0.586. The van der Waals surface area contributed by atoms with Gasteiger partial charge < -0.3 is 22.3 Å². The fourth-order valence-electron chi connectivity index (χ4n) is 0.340. The van der Waals surface area contributed by atoms with E-state index in [2.05, 4.69) is 12.2 Å². The van der Waals surface area contributed by atoms with Crippen LogP contribution in [0.5, 0.6) is 0 Å². The minimum absolute atomic E-state index is 0. The van der Waals surface area contributed by atoms with Crippen LogP contribution in [0.1, 0.15) is 6.42 Å². The van der Waals surface area contributed by atoms with Crippen molar-refractivity contribution in [1.29, 1.82) is 0 Å². The van der Waals surface area contributed by atoms with Gasteiger partial charge in [-0.1, -0.05) is 0 Å². The van der Waals surface area contributed by atoms with E-state index < -0.39 is 0 Å². The molecule has 1 heteroatoms. The van der Waals surface area contributed by atoms with Crippen LogP contribution in [0.25, 0.3) is 0 Å². The summed E-state index contributed by atoms with van der Waals surface area (Å²) in [6, 6.07) is 0. The summed E-state index contributed by atoms with van der Waals surface area (Å²) < 4.78 is 0. The Bertz CT molecular complexity index is 62.6. The normalized spacial score (nSPS) is 9.78. The summed E-state index contributed by atoms with van der Waals surface area (Å²) in [5.41, 5.74) is 0. The molecule has 50 valence electrons. The molecule has 0 heterocycles. The summed E-state index contributed by atoms with van der Waals surface area (Å²) in [5, 5.41) is 0. The monoisotopic (exact) mass is 290 g/mol. The summed E-state index contributed by atoms with van der Waals surface area (Å²) in [6.45, 7) is 0. The molecule has 1 aliphatic carbocycles. The third kappa shape index (κ3) is 11.8. The average Bonchev–Trinajstić information content (AvgIpc) is 1.76. The van der Waals surface area contributed by atoms with Gasteiger partial charge in [0.15, 0.2) is 0 Å². The van der Waals surface area contributed by atoms with E-state index in [1.165, 1.54) is 0 Å². The first-order valence-corrected chi connectivity index (χ1v) is 1.72. The molecule has 0 spiro atoms. The molecule has 0 atom stereocenters. The molecule has 0 aliphatic heterocycles. The van der Waals surface area contributed by atoms with Crippen molar-refractivity contribution in [3.8, 4) is 0 Å². The Labute approximate surface area is 78.8 Å². The van der Waals surface area contributed by atoms with E-state index in [-0.39, 0.29) is 48.1 Å². The van der Waals surface area contributed by atoms with Gasteiger partial charge >= 0.3 is 25.8 Å². The van der Waals surface area contributed by atoms with Crippen molar-refractivity contribution < 1.29 is 25.8 Å². The van der Waals surface area contributed by atoms with Crippen LogP contribution >= 0.6 is 0 Å². The van der Waals surface area contributed by atoms with Crippen LogP contribution in [0.15, 0.2) is 18.2 Å². The summed E-state index contributed by atoms with van der Waals surface area (Å²) in [7, 11) is 0. The second-order valence-corrected chi connectivity index (χ2v) is 1.00. The number of hydrogen-bond acceptors (Lipinski definition) is 0. The zero-order valence-electron chi connectivity index (χ0n) is 6.44. The standard InChI is InChI=1S/C5H5.3CH3.Hf/c1-2-4-5-3-1;;;;/h1-3H,4H2;3*1H3;/q4*-1;+4. The number of hydrogen-bond donors (Lipinski definition) is 0. The third-order valence-electron chi connectivity index (χ3n) is 0.586. The van der Waals surface area contributed by atoms with Crippen molar-refractivity contribution in [3.05, 3.63) is 46.6 Å². The molecule has 0 fully saturated rings. The van der Waals surface area contributed by atoms with Crippen molar-refractivity contribution in [1.82, 2.24) is 0 Å². The SMILES string of the molecule is [C-]1=CC=CC1.[CH3-].[CH3-].[CH3-].[Hf+4]. The van der Waals surface area contributed by atoms with Gasteiger partial charge in [0.05, 0.1) is 0 Å². The Hall–Kier alpha value is 0.350. The molecule has 0 saturated carbocycles. The van der Waals surface area contributed by atoms with Crippen LogP contribution < -0.4 is 0 Å². The molecule has 0 amide bonds. The number of rotatable bonds is 0. The van der Waals surface area contributed by atoms with E-state index in [1.54, 1.807) is 0 Å². The maximum Gasteiger partial charge on any atom is 4.00 e. The first kappa shape index (κ1) is 22.8. The predicted octanol–water partition coefficient (Wildman–Crippen LogP) is 2.65. The Balaban J connectivity index is -0.0000000312. The number of allylic oxidation sites excluding steroid dienone is 4. The van der Waals surface area contributed by atoms with Crippen LogP contribution in [0, 0.1) is 28.4 Å². The maximum absolute atomic E-state index is 2.99. The summed E-state index contributed by atoms with van der Waals surface area (Å²) in [5.74, 6) is 0. The van der Waals surface area contributed by atoms with Crippen molar-refractivity contribution in [2.45, 2.75) is 6.42 Å². The van der Waals surface area contributed by atoms with E-state index in [9.17, 15) is 0 Å². The van der Waals surface area contributed by atoms with Crippen LogP contribution in [-0.4, -0.2) is 0 Å². The molecule has 1 aliphatic rings. The first-order valence-electron chi connectivity index (χ1n) is 1.72. The fraction of sp³-hybridized carbons (Fsp3) is 0.125. The molecule has 0 bridgehead atoms. The minimum atomic E-state index is 0.